The van der Waals surface area contributed by atoms with Gasteiger partial charge in [0.2, 0.25) is 0 Å². The van der Waals surface area contributed by atoms with Crippen LogP contribution in [0.15, 0.2) is 4.99 Å². The van der Waals surface area contributed by atoms with Crippen LogP contribution in [-0.2, 0) is 9.53 Å². The monoisotopic (exact) mass is 144 g/mol. The zero-order valence-corrected chi connectivity index (χ0v) is 6.04. The number of nitrogens with zero attached hydrogens (tertiary/aromatic N) is 1. The van der Waals surface area contributed by atoms with E-state index in [1.165, 1.54) is 0 Å². The van der Waals surface area contributed by atoms with E-state index in [0.717, 1.165) is 0 Å². The first kappa shape index (κ1) is 9.10. The van der Waals surface area contributed by atoms with Gasteiger partial charge in [-0.25, -0.2) is 0 Å². The van der Waals surface area contributed by atoms with Crippen LogP contribution in [0.1, 0.15) is 6.92 Å². The van der Waals surface area contributed by atoms with Crippen molar-refractivity contribution in [2.24, 2.45) is 10.7 Å². The lowest BCUT2D eigenvalue weighted by Gasteiger charge is -1.97. The highest BCUT2D eigenvalue weighted by molar-refractivity contribution is 5.73. The third-order valence-corrected chi connectivity index (χ3v) is 0.784. The average Bonchev–Trinajstić information content (AvgIpc) is 1.97. The maximum Gasteiger partial charge on any atom is 0.327 e. The van der Waals surface area contributed by atoms with Crippen molar-refractivity contribution in [3.63, 3.8) is 0 Å². The van der Waals surface area contributed by atoms with Gasteiger partial charge < -0.3 is 10.5 Å². The summed E-state index contributed by atoms with van der Waals surface area (Å²) in [4.78, 5) is 14.3. The standard InChI is InChI=1S/C6H12N2O2/c1-2-8-5-6(9)10-4-3-7/h2H,3-5,7H2,1H3. The zero-order chi connectivity index (χ0) is 7.82. The molecule has 0 aromatic heterocycles. The van der Waals surface area contributed by atoms with E-state index < -0.39 is 0 Å². The molecule has 0 spiro atoms. The quantitative estimate of drug-likeness (QED) is 0.430. The minimum atomic E-state index is -0.330. The zero-order valence-electron chi connectivity index (χ0n) is 6.04. The maximum absolute atomic E-state index is 10.6. The van der Waals surface area contributed by atoms with E-state index in [2.05, 4.69) is 9.73 Å². The van der Waals surface area contributed by atoms with Gasteiger partial charge in [-0.05, 0) is 13.1 Å². The third kappa shape index (κ3) is 5.24. The Morgan fingerprint density at radius 3 is 3.00 bits per heavy atom. The molecule has 4 heteroatoms. The summed E-state index contributed by atoms with van der Waals surface area (Å²) in [6, 6.07) is 0. The Morgan fingerprint density at radius 1 is 1.80 bits per heavy atom. The van der Waals surface area contributed by atoms with Gasteiger partial charge in [-0.2, -0.15) is 0 Å². The molecular weight excluding hydrogens is 132 g/mol. The van der Waals surface area contributed by atoms with Crippen LogP contribution < -0.4 is 5.73 Å². The molecule has 0 amide bonds. The Morgan fingerprint density at radius 2 is 2.50 bits per heavy atom. The molecule has 58 valence electrons. The first-order chi connectivity index (χ1) is 4.81. The van der Waals surface area contributed by atoms with E-state index in [1.54, 1.807) is 13.1 Å². The Balaban J connectivity index is 3.25. The topological polar surface area (TPSA) is 64.7 Å². The molecular formula is C6H12N2O2. The van der Waals surface area contributed by atoms with Crippen molar-refractivity contribution in [3.05, 3.63) is 0 Å². The van der Waals surface area contributed by atoms with Gasteiger partial charge in [-0.1, -0.05) is 0 Å². The van der Waals surface area contributed by atoms with Crippen molar-refractivity contribution >= 4 is 12.2 Å². The molecule has 0 unspecified atom stereocenters. The average molecular weight is 144 g/mol. The van der Waals surface area contributed by atoms with Gasteiger partial charge in [0.05, 0.1) is 0 Å². The number of carbonyl (C=O) groups excluding carboxylic acids is 1. The lowest BCUT2D eigenvalue weighted by Crippen LogP contribution is -2.15. The lowest BCUT2D eigenvalue weighted by molar-refractivity contribution is -0.141. The second kappa shape index (κ2) is 6.22. The molecule has 0 saturated carbocycles. The van der Waals surface area contributed by atoms with Gasteiger partial charge >= 0.3 is 5.97 Å². The van der Waals surface area contributed by atoms with Crippen molar-refractivity contribution in [2.75, 3.05) is 19.7 Å². The molecule has 0 bridgehead atoms. The Kier molecular flexibility index (Phi) is 5.66. The Bertz CT molecular complexity index is 123. The molecule has 0 atom stereocenters. The predicted molar refractivity (Wildman–Crippen MR) is 39.0 cm³/mol. The lowest BCUT2D eigenvalue weighted by atomic mass is 10.6. The molecule has 0 aliphatic heterocycles. The summed E-state index contributed by atoms with van der Waals surface area (Å²) in [5, 5.41) is 0. The number of esters is 1. The van der Waals surface area contributed by atoms with Crippen molar-refractivity contribution in [2.45, 2.75) is 6.92 Å². The Hall–Kier alpha value is -0.900. The largest absolute Gasteiger partial charge is 0.463 e. The molecule has 0 fully saturated rings. The van der Waals surface area contributed by atoms with E-state index in [4.69, 9.17) is 5.73 Å². The van der Waals surface area contributed by atoms with E-state index in [1.807, 2.05) is 0 Å². The van der Waals surface area contributed by atoms with Gasteiger partial charge in [-0.3, -0.25) is 9.79 Å². The van der Waals surface area contributed by atoms with Crippen LogP contribution in [-0.4, -0.2) is 31.9 Å². The van der Waals surface area contributed by atoms with Crippen LogP contribution in [0.2, 0.25) is 0 Å². The maximum atomic E-state index is 10.6. The van der Waals surface area contributed by atoms with Crippen molar-refractivity contribution in [3.8, 4) is 0 Å². The van der Waals surface area contributed by atoms with Crippen LogP contribution in [0.4, 0.5) is 0 Å². The summed E-state index contributed by atoms with van der Waals surface area (Å²) in [5.41, 5.74) is 5.09. The molecule has 0 aromatic rings. The molecule has 0 saturated heterocycles. The van der Waals surface area contributed by atoms with E-state index in [9.17, 15) is 4.79 Å². The second-order valence-electron chi connectivity index (χ2n) is 1.61. The minimum absolute atomic E-state index is 0.0937. The van der Waals surface area contributed by atoms with Crippen LogP contribution in [0.3, 0.4) is 0 Å². The SMILES string of the molecule is CC=NCC(=O)OCCN. The summed E-state index contributed by atoms with van der Waals surface area (Å²) in [5.74, 6) is -0.330. The highest BCUT2D eigenvalue weighted by Crippen LogP contribution is 1.77. The fraction of sp³-hybridized carbons (Fsp3) is 0.667. The van der Waals surface area contributed by atoms with Crippen LogP contribution in [0, 0.1) is 0 Å². The number of rotatable bonds is 4. The number of hydrogen-bond donors (Lipinski definition) is 1. The van der Waals surface area contributed by atoms with Crippen LogP contribution in [0.25, 0.3) is 0 Å². The van der Waals surface area contributed by atoms with Gasteiger partial charge in [0.1, 0.15) is 13.2 Å². The number of carbonyl (C=O) groups is 1. The molecule has 0 rings (SSSR count). The van der Waals surface area contributed by atoms with Gasteiger partial charge in [0, 0.05) is 6.54 Å². The Labute approximate surface area is 60.1 Å². The molecule has 0 radical (unpaired) electrons. The fourth-order valence-corrected chi connectivity index (χ4v) is 0.384. The van der Waals surface area contributed by atoms with Crippen LogP contribution >= 0.6 is 0 Å². The number of hydrogen-bond acceptors (Lipinski definition) is 4. The van der Waals surface area contributed by atoms with Crippen molar-refractivity contribution in [1.82, 2.24) is 0 Å². The summed E-state index contributed by atoms with van der Waals surface area (Å²) in [6.45, 7) is 2.48. The van der Waals surface area contributed by atoms with E-state index in [-0.39, 0.29) is 19.1 Å². The van der Waals surface area contributed by atoms with Crippen LogP contribution in [0.5, 0.6) is 0 Å². The minimum Gasteiger partial charge on any atom is -0.463 e. The van der Waals surface area contributed by atoms with Gasteiger partial charge in [0.25, 0.3) is 0 Å². The number of ether oxygens (including phenoxy) is 1. The highest BCUT2D eigenvalue weighted by Gasteiger charge is 1.96. The molecule has 2 N–H and O–H groups in total. The highest BCUT2D eigenvalue weighted by atomic mass is 16.5. The van der Waals surface area contributed by atoms with E-state index >= 15 is 0 Å². The summed E-state index contributed by atoms with van der Waals surface area (Å²) >= 11 is 0. The third-order valence-electron chi connectivity index (χ3n) is 0.784. The van der Waals surface area contributed by atoms with Gasteiger partial charge in [-0.15, -0.1) is 0 Å². The molecule has 0 aromatic carbocycles. The molecule has 0 heterocycles. The van der Waals surface area contributed by atoms with E-state index in [0.29, 0.717) is 6.54 Å². The summed E-state index contributed by atoms with van der Waals surface area (Å²) in [6.07, 6.45) is 1.56. The predicted octanol–water partition coefficient (Wildman–Crippen LogP) is -0.421. The second-order valence-corrected chi connectivity index (χ2v) is 1.61. The number of nitrogens with two attached hydrogens (primary N) is 1. The first-order valence-electron chi connectivity index (χ1n) is 3.11. The normalized spacial score (nSPS) is 10.2. The summed E-state index contributed by atoms with van der Waals surface area (Å²) in [7, 11) is 0. The number of aliphatic imine (C=N–C) groups is 1. The first-order valence-corrected chi connectivity index (χ1v) is 3.11. The molecule has 4 nitrogen and oxygen atoms in total. The van der Waals surface area contributed by atoms with Gasteiger partial charge in [0.15, 0.2) is 0 Å². The van der Waals surface area contributed by atoms with Crippen molar-refractivity contribution < 1.29 is 9.53 Å². The smallest absolute Gasteiger partial charge is 0.327 e. The van der Waals surface area contributed by atoms with Crippen molar-refractivity contribution in [1.29, 1.82) is 0 Å². The fourth-order valence-electron chi connectivity index (χ4n) is 0.384. The molecule has 0 aliphatic carbocycles. The molecule has 0 aliphatic rings. The molecule has 10 heavy (non-hydrogen) atoms. The summed E-state index contributed by atoms with van der Waals surface area (Å²) < 4.78 is 4.62.